The molecule has 2 N–H and O–H groups in total. The fourth-order valence-electron chi connectivity index (χ4n) is 1.79. The van der Waals surface area contributed by atoms with Gasteiger partial charge in [0.1, 0.15) is 11.6 Å². The van der Waals surface area contributed by atoms with Crippen molar-refractivity contribution in [1.82, 2.24) is 10.3 Å². The minimum Gasteiger partial charge on any atom is -0.316 e. The summed E-state index contributed by atoms with van der Waals surface area (Å²) in [5.74, 6) is 0.337. The van der Waals surface area contributed by atoms with E-state index < -0.39 is 5.82 Å². The Balaban J connectivity index is 0.00000144. The van der Waals surface area contributed by atoms with Crippen LogP contribution in [0.4, 0.5) is 10.2 Å². The molecule has 102 valence electrons. The summed E-state index contributed by atoms with van der Waals surface area (Å²) in [5.41, 5.74) is 0. The molecule has 2 heterocycles. The Morgan fingerprint density at radius 1 is 1.50 bits per heavy atom. The minimum atomic E-state index is -0.405. The first-order valence-electron chi connectivity index (χ1n) is 5.36. The van der Waals surface area contributed by atoms with Crippen molar-refractivity contribution in [2.75, 3.05) is 18.4 Å². The van der Waals surface area contributed by atoms with Crippen molar-refractivity contribution in [2.45, 2.75) is 12.8 Å². The van der Waals surface area contributed by atoms with E-state index in [1.807, 2.05) is 0 Å². The quantitative estimate of drug-likeness (QED) is 0.897. The Morgan fingerprint density at radius 2 is 2.28 bits per heavy atom. The number of carbonyl (C=O) groups is 1. The van der Waals surface area contributed by atoms with Crippen molar-refractivity contribution in [3.8, 4) is 0 Å². The van der Waals surface area contributed by atoms with Gasteiger partial charge in [0.25, 0.3) is 0 Å². The van der Waals surface area contributed by atoms with Crippen LogP contribution in [0.3, 0.4) is 0 Å². The Labute approximate surface area is 118 Å². The van der Waals surface area contributed by atoms with E-state index in [0.29, 0.717) is 18.2 Å². The van der Waals surface area contributed by atoms with Crippen molar-refractivity contribution in [3.63, 3.8) is 0 Å². The summed E-state index contributed by atoms with van der Waals surface area (Å²) >= 11 is 0. The lowest BCUT2D eigenvalue weighted by Gasteiger charge is -2.08. The van der Waals surface area contributed by atoms with Crippen LogP contribution in [-0.2, 0) is 4.79 Å². The van der Waals surface area contributed by atoms with Crippen LogP contribution in [0.25, 0.3) is 0 Å². The predicted octanol–water partition coefficient (Wildman–Crippen LogP) is 2.00. The first-order chi connectivity index (χ1) is 7.74. The van der Waals surface area contributed by atoms with Gasteiger partial charge >= 0.3 is 0 Å². The van der Waals surface area contributed by atoms with Gasteiger partial charge in [-0.3, -0.25) is 4.79 Å². The SMILES string of the molecule is Cl.Cl.O=C(CC1CCNC1)Nc1ccc(F)cn1. The van der Waals surface area contributed by atoms with Gasteiger partial charge in [0.05, 0.1) is 6.20 Å². The minimum absolute atomic E-state index is 0. The van der Waals surface area contributed by atoms with Crippen molar-refractivity contribution in [3.05, 3.63) is 24.1 Å². The van der Waals surface area contributed by atoms with Crippen LogP contribution in [0, 0.1) is 11.7 Å². The molecule has 1 unspecified atom stereocenters. The summed E-state index contributed by atoms with van der Waals surface area (Å²) in [5, 5.41) is 5.86. The number of anilines is 1. The molecule has 0 radical (unpaired) electrons. The van der Waals surface area contributed by atoms with Crippen LogP contribution in [-0.4, -0.2) is 24.0 Å². The van der Waals surface area contributed by atoms with E-state index in [1.54, 1.807) is 0 Å². The zero-order valence-corrected chi connectivity index (χ0v) is 11.3. The third kappa shape index (κ3) is 5.16. The van der Waals surface area contributed by atoms with Crippen molar-refractivity contribution < 1.29 is 9.18 Å². The monoisotopic (exact) mass is 295 g/mol. The van der Waals surface area contributed by atoms with Gasteiger partial charge in [-0.05, 0) is 37.6 Å². The zero-order chi connectivity index (χ0) is 11.4. The number of aromatic nitrogens is 1. The average Bonchev–Trinajstić information content (AvgIpc) is 2.74. The number of pyridine rings is 1. The van der Waals surface area contributed by atoms with Crippen LogP contribution in [0.15, 0.2) is 18.3 Å². The Morgan fingerprint density at radius 3 is 2.83 bits per heavy atom. The summed E-state index contributed by atoms with van der Waals surface area (Å²) in [6, 6.07) is 2.74. The lowest BCUT2D eigenvalue weighted by atomic mass is 10.0. The highest BCUT2D eigenvalue weighted by Gasteiger charge is 2.18. The molecule has 0 bridgehead atoms. The summed E-state index contributed by atoms with van der Waals surface area (Å²) in [6.07, 6.45) is 2.61. The third-order valence-electron chi connectivity index (χ3n) is 2.63. The second kappa shape index (κ2) is 8.24. The van der Waals surface area contributed by atoms with Gasteiger partial charge in [-0.2, -0.15) is 0 Å². The van der Waals surface area contributed by atoms with Gasteiger partial charge in [0.2, 0.25) is 5.91 Å². The molecule has 1 atom stereocenters. The molecule has 0 spiro atoms. The molecule has 1 aromatic rings. The summed E-state index contributed by atoms with van der Waals surface area (Å²) < 4.78 is 12.6. The number of hydrogen-bond donors (Lipinski definition) is 2. The molecule has 1 aliphatic heterocycles. The highest BCUT2D eigenvalue weighted by Crippen LogP contribution is 2.13. The average molecular weight is 296 g/mol. The fraction of sp³-hybridized carbons (Fsp3) is 0.455. The van der Waals surface area contributed by atoms with Gasteiger partial charge in [0, 0.05) is 6.42 Å². The highest BCUT2D eigenvalue weighted by atomic mass is 35.5. The molecule has 0 saturated carbocycles. The van der Waals surface area contributed by atoms with Gasteiger partial charge < -0.3 is 10.6 Å². The smallest absolute Gasteiger partial charge is 0.225 e. The highest BCUT2D eigenvalue weighted by molar-refractivity contribution is 5.89. The molecule has 1 aromatic heterocycles. The Hall–Kier alpha value is -0.910. The molecule has 1 aliphatic rings. The topological polar surface area (TPSA) is 54.0 Å². The number of amides is 1. The molecule has 0 aromatic carbocycles. The third-order valence-corrected chi connectivity index (χ3v) is 2.63. The van der Waals surface area contributed by atoms with Crippen molar-refractivity contribution in [2.24, 2.45) is 5.92 Å². The molecular weight excluding hydrogens is 280 g/mol. The lowest BCUT2D eigenvalue weighted by molar-refractivity contribution is -0.117. The largest absolute Gasteiger partial charge is 0.316 e. The number of rotatable bonds is 3. The number of halogens is 3. The molecular formula is C11H16Cl2FN3O. The molecule has 7 heteroatoms. The normalized spacial score (nSPS) is 17.5. The molecule has 4 nitrogen and oxygen atoms in total. The van der Waals surface area contributed by atoms with Crippen LogP contribution in [0.2, 0.25) is 0 Å². The first kappa shape index (κ1) is 17.1. The van der Waals surface area contributed by atoms with Crippen LogP contribution >= 0.6 is 24.8 Å². The molecule has 1 amide bonds. The van der Waals surface area contributed by atoms with E-state index in [0.717, 1.165) is 25.7 Å². The number of carbonyl (C=O) groups excluding carboxylic acids is 1. The molecule has 1 saturated heterocycles. The second-order valence-electron chi connectivity index (χ2n) is 3.97. The number of nitrogens with one attached hydrogen (secondary N) is 2. The van der Waals surface area contributed by atoms with E-state index in [9.17, 15) is 9.18 Å². The maximum absolute atomic E-state index is 12.6. The van der Waals surface area contributed by atoms with E-state index in [4.69, 9.17) is 0 Å². The van der Waals surface area contributed by atoms with Gasteiger partial charge in [0.15, 0.2) is 0 Å². The zero-order valence-electron chi connectivity index (χ0n) is 9.69. The predicted molar refractivity (Wildman–Crippen MR) is 72.9 cm³/mol. The molecule has 1 fully saturated rings. The fourth-order valence-corrected chi connectivity index (χ4v) is 1.79. The van der Waals surface area contributed by atoms with Gasteiger partial charge in [-0.15, -0.1) is 24.8 Å². The lowest BCUT2D eigenvalue weighted by Crippen LogP contribution is -2.18. The molecule has 0 aliphatic carbocycles. The van der Waals surface area contributed by atoms with Gasteiger partial charge in [-0.1, -0.05) is 0 Å². The van der Waals surface area contributed by atoms with E-state index in [1.165, 1.54) is 12.1 Å². The number of hydrogen-bond acceptors (Lipinski definition) is 3. The molecule has 2 rings (SSSR count). The van der Waals surface area contributed by atoms with Crippen LogP contribution in [0.5, 0.6) is 0 Å². The maximum atomic E-state index is 12.6. The standard InChI is InChI=1S/C11H14FN3O.2ClH/c12-9-1-2-10(14-7-9)15-11(16)5-8-3-4-13-6-8;;/h1-2,7-8,13H,3-6H2,(H,14,15,16);2*1H. The van der Waals surface area contributed by atoms with Crippen molar-refractivity contribution in [1.29, 1.82) is 0 Å². The van der Waals surface area contributed by atoms with Crippen LogP contribution in [0.1, 0.15) is 12.8 Å². The summed E-state index contributed by atoms with van der Waals surface area (Å²) in [4.78, 5) is 15.4. The molecule has 18 heavy (non-hydrogen) atoms. The second-order valence-corrected chi connectivity index (χ2v) is 3.97. The first-order valence-corrected chi connectivity index (χ1v) is 5.36. The van der Waals surface area contributed by atoms with E-state index in [-0.39, 0.29) is 30.7 Å². The van der Waals surface area contributed by atoms with Crippen LogP contribution < -0.4 is 10.6 Å². The summed E-state index contributed by atoms with van der Waals surface area (Å²) in [6.45, 7) is 1.87. The number of nitrogens with zero attached hydrogens (tertiary/aromatic N) is 1. The Kier molecular flexibility index (Phi) is 7.82. The summed E-state index contributed by atoms with van der Waals surface area (Å²) in [7, 11) is 0. The van der Waals surface area contributed by atoms with Crippen molar-refractivity contribution >= 4 is 36.5 Å². The Bertz CT molecular complexity index is 369. The maximum Gasteiger partial charge on any atom is 0.225 e. The van der Waals surface area contributed by atoms with E-state index in [2.05, 4.69) is 15.6 Å². The van der Waals surface area contributed by atoms with Gasteiger partial charge in [-0.25, -0.2) is 9.37 Å². The van der Waals surface area contributed by atoms with E-state index >= 15 is 0 Å².